The molecule has 0 spiro atoms. The smallest absolute Gasteiger partial charge is 0.212 e. The van der Waals surface area contributed by atoms with Gasteiger partial charge < -0.3 is 0 Å². The Morgan fingerprint density at radius 2 is 2.19 bits per heavy atom. The minimum atomic E-state index is -3.18. The fraction of sp³-hybridized carbons (Fsp3) is 0.571. The molecule has 0 bridgehead atoms. The Kier molecular flexibility index (Phi) is 2.91. The number of sulfonamides is 1. The van der Waals surface area contributed by atoms with E-state index in [0.29, 0.717) is 15.8 Å². The molecule has 2 aromatic rings. The third-order valence-corrected chi connectivity index (χ3v) is 4.25. The summed E-state index contributed by atoms with van der Waals surface area (Å²) in [5, 5.41) is 12.6. The van der Waals surface area contributed by atoms with Gasteiger partial charge in [-0.25, -0.2) is 13.1 Å². The number of hydrogen-bond acceptors (Lipinski definition) is 6. The molecule has 0 aliphatic heterocycles. The van der Waals surface area contributed by atoms with Crippen LogP contribution in [0.4, 0.5) is 0 Å². The summed E-state index contributed by atoms with van der Waals surface area (Å²) >= 11 is 1.32. The third kappa shape index (κ3) is 2.20. The molecule has 9 heteroatoms. The van der Waals surface area contributed by atoms with Gasteiger partial charge in [-0.05, 0) is 13.8 Å². The zero-order valence-corrected chi connectivity index (χ0v) is 10.5. The molecule has 7 nitrogen and oxygen atoms in total. The van der Waals surface area contributed by atoms with Crippen LogP contribution in [0.15, 0.2) is 0 Å². The van der Waals surface area contributed by atoms with E-state index in [-0.39, 0.29) is 12.3 Å². The summed E-state index contributed by atoms with van der Waals surface area (Å²) in [6, 6.07) is 0. The lowest BCUT2D eigenvalue weighted by molar-refractivity contribution is 0.582. The van der Waals surface area contributed by atoms with E-state index < -0.39 is 10.0 Å². The van der Waals surface area contributed by atoms with Crippen molar-refractivity contribution in [3.05, 3.63) is 10.8 Å². The summed E-state index contributed by atoms with van der Waals surface area (Å²) in [6.45, 7) is 3.58. The molecular weight excluding hydrogens is 250 g/mol. The van der Waals surface area contributed by atoms with E-state index in [9.17, 15) is 8.42 Å². The van der Waals surface area contributed by atoms with Crippen molar-refractivity contribution >= 4 is 26.3 Å². The molecule has 2 aromatic heterocycles. The highest BCUT2D eigenvalue weighted by Gasteiger charge is 2.11. The van der Waals surface area contributed by atoms with E-state index in [4.69, 9.17) is 0 Å². The monoisotopic (exact) mass is 261 g/mol. The van der Waals surface area contributed by atoms with Gasteiger partial charge in [0.05, 0.1) is 12.3 Å². The largest absolute Gasteiger partial charge is 0.234 e. The van der Waals surface area contributed by atoms with Gasteiger partial charge in [-0.1, -0.05) is 11.3 Å². The summed E-state index contributed by atoms with van der Waals surface area (Å²) in [7, 11) is -3.18. The molecule has 0 amide bonds. The maximum absolute atomic E-state index is 11.2. The highest BCUT2D eigenvalue weighted by atomic mass is 32.2. The van der Waals surface area contributed by atoms with E-state index >= 15 is 0 Å². The molecule has 2 heterocycles. The van der Waals surface area contributed by atoms with E-state index in [1.54, 1.807) is 18.4 Å². The Labute approximate surface area is 96.6 Å². The predicted molar refractivity (Wildman–Crippen MR) is 59.7 cm³/mol. The van der Waals surface area contributed by atoms with Crippen molar-refractivity contribution in [2.24, 2.45) is 0 Å². The first-order valence-corrected chi connectivity index (χ1v) is 7.14. The lowest BCUT2D eigenvalue weighted by atomic mass is 10.7. The van der Waals surface area contributed by atoms with Crippen molar-refractivity contribution in [3.63, 3.8) is 0 Å². The molecule has 0 aliphatic rings. The Hall–Kier alpha value is -1.06. The maximum Gasteiger partial charge on any atom is 0.234 e. The van der Waals surface area contributed by atoms with Crippen molar-refractivity contribution in [2.45, 2.75) is 20.4 Å². The maximum atomic E-state index is 11.2. The predicted octanol–water partition coefficient (Wildman–Crippen LogP) is -0.0665. The molecule has 0 saturated carbocycles. The average Bonchev–Trinajstić information content (AvgIpc) is 2.79. The quantitative estimate of drug-likeness (QED) is 0.832. The van der Waals surface area contributed by atoms with Crippen LogP contribution < -0.4 is 4.72 Å². The van der Waals surface area contributed by atoms with Crippen molar-refractivity contribution < 1.29 is 8.42 Å². The van der Waals surface area contributed by atoms with E-state index in [1.165, 1.54) is 11.3 Å². The van der Waals surface area contributed by atoms with Crippen LogP contribution in [0, 0.1) is 6.92 Å². The average molecular weight is 261 g/mol. The number of rotatable bonds is 4. The molecule has 88 valence electrons. The van der Waals surface area contributed by atoms with Crippen LogP contribution in [0.3, 0.4) is 0 Å². The van der Waals surface area contributed by atoms with Crippen molar-refractivity contribution in [2.75, 3.05) is 5.75 Å². The van der Waals surface area contributed by atoms with E-state index in [0.717, 1.165) is 0 Å². The molecule has 0 radical (unpaired) electrons. The summed E-state index contributed by atoms with van der Waals surface area (Å²) in [5.74, 6) is 0.756. The van der Waals surface area contributed by atoms with Crippen LogP contribution in [0.1, 0.15) is 17.8 Å². The Morgan fingerprint density at radius 1 is 1.44 bits per heavy atom. The Morgan fingerprint density at radius 3 is 2.81 bits per heavy atom. The molecule has 0 fully saturated rings. The SMILES string of the molecule is CCS(=O)(=O)NCc1nn2c(C)nnc2s1. The molecule has 16 heavy (non-hydrogen) atoms. The zero-order valence-electron chi connectivity index (χ0n) is 8.84. The summed E-state index contributed by atoms with van der Waals surface area (Å²) in [5.41, 5.74) is 0. The second-order valence-corrected chi connectivity index (χ2v) is 6.30. The fourth-order valence-electron chi connectivity index (χ4n) is 1.10. The molecule has 0 aromatic carbocycles. The first-order chi connectivity index (χ1) is 7.52. The van der Waals surface area contributed by atoms with Crippen LogP contribution >= 0.6 is 11.3 Å². The van der Waals surface area contributed by atoms with Crippen molar-refractivity contribution in [3.8, 4) is 0 Å². The van der Waals surface area contributed by atoms with Gasteiger partial charge in [0, 0.05) is 0 Å². The lowest BCUT2D eigenvalue weighted by Gasteiger charge is -1.99. The topological polar surface area (TPSA) is 89.2 Å². The standard InChI is InChI=1S/C7H11N5O2S2/c1-3-16(13,14)8-4-6-11-12-5(2)9-10-7(12)15-6/h8H,3-4H2,1-2H3. The molecule has 1 N–H and O–H groups in total. The number of nitrogens with zero attached hydrogens (tertiary/aromatic N) is 4. The fourth-order valence-corrected chi connectivity index (χ4v) is 2.57. The number of aromatic nitrogens is 4. The van der Waals surface area contributed by atoms with Gasteiger partial charge in [0.25, 0.3) is 0 Å². The summed E-state index contributed by atoms with van der Waals surface area (Å²) < 4.78 is 26.5. The van der Waals surface area contributed by atoms with Crippen molar-refractivity contribution in [1.29, 1.82) is 0 Å². The van der Waals surface area contributed by atoms with Crippen LogP contribution in [-0.2, 0) is 16.6 Å². The van der Waals surface area contributed by atoms with Gasteiger partial charge in [0.2, 0.25) is 15.0 Å². The number of fused-ring (bicyclic) bond motifs is 1. The van der Waals surface area contributed by atoms with E-state index in [1.807, 2.05) is 0 Å². The minimum Gasteiger partial charge on any atom is -0.212 e. The molecular formula is C7H11N5O2S2. The third-order valence-electron chi connectivity index (χ3n) is 2.01. The summed E-state index contributed by atoms with van der Waals surface area (Å²) in [6.07, 6.45) is 0. The highest BCUT2D eigenvalue weighted by Crippen LogP contribution is 2.13. The number of hydrogen-bond donors (Lipinski definition) is 1. The minimum absolute atomic E-state index is 0.0656. The molecule has 0 saturated heterocycles. The second kappa shape index (κ2) is 4.07. The van der Waals surface area contributed by atoms with E-state index in [2.05, 4.69) is 20.0 Å². The van der Waals surface area contributed by atoms with Crippen LogP contribution in [0.5, 0.6) is 0 Å². The second-order valence-electron chi connectivity index (χ2n) is 3.16. The van der Waals surface area contributed by atoms with Gasteiger partial charge >= 0.3 is 0 Å². The van der Waals surface area contributed by atoms with Crippen LogP contribution in [0.2, 0.25) is 0 Å². The van der Waals surface area contributed by atoms with Gasteiger partial charge in [-0.2, -0.15) is 9.61 Å². The molecule has 0 unspecified atom stereocenters. The highest BCUT2D eigenvalue weighted by molar-refractivity contribution is 7.89. The van der Waals surface area contributed by atoms with Gasteiger partial charge in [0.1, 0.15) is 5.01 Å². The molecule has 2 rings (SSSR count). The number of nitrogens with one attached hydrogen (secondary N) is 1. The van der Waals surface area contributed by atoms with Gasteiger partial charge in [-0.15, -0.1) is 10.2 Å². The Bertz CT molecular complexity index is 599. The van der Waals surface area contributed by atoms with Gasteiger partial charge in [0.15, 0.2) is 5.82 Å². The molecule has 0 atom stereocenters. The lowest BCUT2D eigenvalue weighted by Crippen LogP contribution is -2.24. The van der Waals surface area contributed by atoms with Crippen LogP contribution in [-0.4, -0.2) is 34.0 Å². The van der Waals surface area contributed by atoms with Crippen LogP contribution in [0.25, 0.3) is 4.96 Å². The normalized spacial score (nSPS) is 12.4. The van der Waals surface area contributed by atoms with Crippen molar-refractivity contribution in [1.82, 2.24) is 24.5 Å². The van der Waals surface area contributed by atoms with Gasteiger partial charge in [-0.3, -0.25) is 0 Å². The summed E-state index contributed by atoms with van der Waals surface area (Å²) in [4.78, 5) is 0.670. The zero-order chi connectivity index (χ0) is 11.8. The first-order valence-electron chi connectivity index (χ1n) is 4.67. The Balaban J connectivity index is 2.16. The first kappa shape index (κ1) is 11.4. The molecule has 0 aliphatic carbocycles. The number of aryl methyl sites for hydroxylation is 1.